The first-order chi connectivity index (χ1) is 11.7. The zero-order valence-corrected chi connectivity index (χ0v) is 15.7. The van der Waals surface area contributed by atoms with Gasteiger partial charge in [-0.05, 0) is 36.3 Å². The number of aliphatic imine (C=N–C) groups is 1. The van der Waals surface area contributed by atoms with Gasteiger partial charge in [-0.15, -0.1) is 0 Å². The van der Waals surface area contributed by atoms with E-state index in [1.807, 2.05) is 37.0 Å². The molecular weight excluding hydrogens is 322 g/mol. The molecule has 1 fully saturated rings. The van der Waals surface area contributed by atoms with Crippen LogP contribution in [-0.2, 0) is 11.3 Å². The summed E-state index contributed by atoms with van der Waals surface area (Å²) in [6, 6.07) is 8.07. The van der Waals surface area contributed by atoms with Crippen LogP contribution in [0.1, 0.15) is 25.3 Å². The number of ether oxygens (including phenoxy) is 2. The van der Waals surface area contributed by atoms with Gasteiger partial charge in [-0.1, -0.05) is 19.1 Å². The highest BCUT2D eigenvalue weighted by Gasteiger charge is 2.32. The molecule has 1 aliphatic heterocycles. The van der Waals surface area contributed by atoms with Crippen molar-refractivity contribution in [1.82, 2.24) is 10.6 Å². The maximum Gasteiger partial charge on any atom is 0.191 e. The van der Waals surface area contributed by atoms with Gasteiger partial charge >= 0.3 is 0 Å². The second-order valence-corrected chi connectivity index (χ2v) is 7.59. The standard InChI is InChI=1S/C18H29N3O2S/c1-4-24-18(8-10-23-11-9-18)14-21-17(19-2)20-13-15-6-5-7-16(12-15)22-3/h5-7,12H,4,8-11,13-14H2,1-3H3,(H2,19,20,21). The Balaban J connectivity index is 1.87. The lowest BCUT2D eigenvalue weighted by atomic mass is 9.99. The van der Waals surface area contributed by atoms with E-state index in [0.717, 1.165) is 50.1 Å². The van der Waals surface area contributed by atoms with E-state index < -0.39 is 0 Å². The fourth-order valence-corrected chi connectivity index (χ4v) is 4.10. The Kier molecular flexibility index (Phi) is 7.72. The molecule has 1 aromatic carbocycles. The van der Waals surface area contributed by atoms with Gasteiger partial charge < -0.3 is 20.1 Å². The summed E-state index contributed by atoms with van der Waals surface area (Å²) in [5.41, 5.74) is 1.17. The van der Waals surface area contributed by atoms with Crippen LogP contribution in [0.5, 0.6) is 5.75 Å². The average molecular weight is 352 g/mol. The minimum Gasteiger partial charge on any atom is -0.497 e. The predicted molar refractivity (Wildman–Crippen MR) is 102 cm³/mol. The van der Waals surface area contributed by atoms with Crippen molar-refractivity contribution in [2.45, 2.75) is 31.1 Å². The number of guanidine groups is 1. The second kappa shape index (κ2) is 9.79. The first kappa shape index (κ1) is 18.9. The lowest BCUT2D eigenvalue weighted by Crippen LogP contribution is -2.48. The zero-order valence-electron chi connectivity index (χ0n) is 14.9. The van der Waals surface area contributed by atoms with E-state index in [4.69, 9.17) is 9.47 Å². The highest BCUT2D eigenvalue weighted by atomic mass is 32.2. The van der Waals surface area contributed by atoms with E-state index >= 15 is 0 Å². The van der Waals surface area contributed by atoms with E-state index in [9.17, 15) is 0 Å². The Bertz CT molecular complexity index is 525. The molecule has 5 nitrogen and oxygen atoms in total. The first-order valence-electron chi connectivity index (χ1n) is 8.50. The SMILES string of the molecule is CCSC1(CNC(=NC)NCc2cccc(OC)c2)CCOCC1. The number of benzene rings is 1. The first-order valence-corrected chi connectivity index (χ1v) is 9.49. The van der Waals surface area contributed by atoms with Crippen molar-refractivity contribution < 1.29 is 9.47 Å². The van der Waals surface area contributed by atoms with Crippen molar-refractivity contribution in [1.29, 1.82) is 0 Å². The number of nitrogens with zero attached hydrogens (tertiary/aromatic N) is 1. The quantitative estimate of drug-likeness (QED) is 0.584. The molecule has 1 heterocycles. The predicted octanol–water partition coefficient (Wildman–Crippen LogP) is 2.66. The molecule has 0 atom stereocenters. The molecule has 0 aliphatic carbocycles. The Morgan fingerprint density at radius 1 is 1.33 bits per heavy atom. The van der Waals surface area contributed by atoms with Crippen molar-refractivity contribution in [2.24, 2.45) is 4.99 Å². The summed E-state index contributed by atoms with van der Waals surface area (Å²) in [5, 5.41) is 6.87. The third kappa shape index (κ3) is 5.60. The Labute approximate surface area is 149 Å². The summed E-state index contributed by atoms with van der Waals surface area (Å²) in [6.07, 6.45) is 2.18. The van der Waals surface area contributed by atoms with Crippen molar-refractivity contribution in [3.05, 3.63) is 29.8 Å². The van der Waals surface area contributed by atoms with Crippen LogP contribution >= 0.6 is 11.8 Å². The smallest absolute Gasteiger partial charge is 0.191 e. The van der Waals surface area contributed by atoms with Crippen LogP contribution in [0, 0.1) is 0 Å². The van der Waals surface area contributed by atoms with Gasteiger partial charge in [0.05, 0.1) is 7.11 Å². The lowest BCUT2D eigenvalue weighted by molar-refractivity contribution is 0.0782. The van der Waals surface area contributed by atoms with Gasteiger partial charge in [-0.2, -0.15) is 11.8 Å². The second-order valence-electron chi connectivity index (χ2n) is 5.86. The van der Waals surface area contributed by atoms with E-state index in [-0.39, 0.29) is 4.75 Å². The number of hydrogen-bond donors (Lipinski definition) is 2. The molecule has 1 aliphatic rings. The maximum absolute atomic E-state index is 5.53. The van der Waals surface area contributed by atoms with Gasteiger partial charge in [0.1, 0.15) is 5.75 Å². The number of rotatable bonds is 7. The Hall–Kier alpha value is -1.40. The fraction of sp³-hybridized carbons (Fsp3) is 0.611. The number of nitrogens with one attached hydrogen (secondary N) is 2. The molecule has 6 heteroatoms. The van der Waals surface area contributed by atoms with Crippen LogP contribution in [0.2, 0.25) is 0 Å². The molecule has 1 aromatic rings. The summed E-state index contributed by atoms with van der Waals surface area (Å²) in [6.45, 7) is 5.55. The number of methoxy groups -OCH3 is 1. The molecule has 0 unspecified atom stereocenters. The summed E-state index contributed by atoms with van der Waals surface area (Å²) < 4.78 is 11.0. The van der Waals surface area contributed by atoms with Crippen molar-refractivity contribution in [3.63, 3.8) is 0 Å². The van der Waals surface area contributed by atoms with Gasteiger partial charge in [0.2, 0.25) is 0 Å². The average Bonchev–Trinajstić information content (AvgIpc) is 2.63. The normalized spacial score (nSPS) is 17.4. The molecule has 134 valence electrons. The Morgan fingerprint density at radius 3 is 2.79 bits per heavy atom. The third-order valence-corrected chi connectivity index (χ3v) is 5.70. The highest BCUT2D eigenvalue weighted by Crippen LogP contribution is 2.34. The van der Waals surface area contributed by atoms with Crippen LogP contribution in [0.3, 0.4) is 0 Å². The number of thioether (sulfide) groups is 1. The summed E-state index contributed by atoms with van der Waals surface area (Å²) in [4.78, 5) is 4.34. The van der Waals surface area contributed by atoms with E-state index in [2.05, 4.69) is 28.6 Å². The van der Waals surface area contributed by atoms with Crippen molar-refractivity contribution >= 4 is 17.7 Å². The molecular formula is C18H29N3O2S. The monoisotopic (exact) mass is 351 g/mol. The topological polar surface area (TPSA) is 54.9 Å². The van der Waals surface area contributed by atoms with Gasteiger partial charge in [-0.3, -0.25) is 4.99 Å². The molecule has 1 saturated heterocycles. The van der Waals surface area contributed by atoms with Gasteiger partial charge in [0.25, 0.3) is 0 Å². The molecule has 0 aromatic heterocycles. The van der Waals surface area contributed by atoms with Gasteiger partial charge in [-0.25, -0.2) is 0 Å². The van der Waals surface area contributed by atoms with Crippen LogP contribution in [0.4, 0.5) is 0 Å². The summed E-state index contributed by atoms with van der Waals surface area (Å²) >= 11 is 2.03. The maximum atomic E-state index is 5.53. The van der Waals surface area contributed by atoms with Crippen molar-refractivity contribution in [3.8, 4) is 5.75 Å². The lowest BCUT2D eigenvalue weighted by Gasteiger charge is -2.37. The molecule has 0 amide bonds. The largest absolute Gasteiger partial charge is 0.497 e. The molecule has 2 N–H and O–H groups in total. The molecule has 0 saturated carbocycles. The highest BCUT2D eigenvalue weighted by molar-refractivity contribution is 8.00. The number of hydrogen-bond acceptors (Lipinski definition) is 4. The zero-order chi connectivity index (χ0) is 17.3. The van der Waals surface area contributed by atoms with E-state index in [1.165, 1.54) is 5.56 Å². The molecule has 24 heavy (non-hydrogen) atoms. The van der Waals surface area contributed by atoms with Crippen LogP contribution in [0.15, 0.2) is 29.3 Å². The minimum absolute atomic E-state index is 0.251. The van der Waals surface area contributed by atoms with Crippen LogP contribution in [-0.4, -0.2) is 50.4 Å². The van der Waals surface area contributed by atoms with E-state index in [0.29, 0.717) is 6.54 Å². The molecule has 0 radical (unpaired) electrons. The summed E-state index contributed by atoms with van der Waals surface area (Å²) in [5.74, 6) is 2.83. The van der Waals surface area contributed by atoms with Crippen LogP contribution in [0.25, 0.3) is 0 Å². The van der Waals surface area contributed by atoms with Crippen molar-refractivity contribution in [2.75, 3.05) is 39.7 Å². The third-order valence-electron chi connectivity index (χ3n) is 4.25. The van der Waals surface area contributed by atoms with Gasteiger partial charge in [0.15, 0.2) is 5.96 Å². The molecule has 2 rings (SSSR count). The molecule has 0 bridgehead atoms. The van der Waals surface area contributed by atoms with E-state index in [1.54, 1.807) is 7.11 Å². The fourth-order valence-electron chi connectivity index (χ4n) is 2.86. The van der Waals surface area contributed by atoms with Crippen LogP contribution < -0.4 is 15.4 Å². The van der Waals surface area contributed by atoms with Gasteiger partial charge in [0, 0.05) is 38.1 Å². The summed E-state index contributed by atoms with van der Waals surface area (Å²) in [7, 11) is 3.50. The Morgan fingerprint density at radius 2 is 2.12 bits per heavy atom. The minimum atomic E-state index is 0.251. The molecule has 0 spiro atoms.